The summed E-state index contributed by atoms with van der Waals surface area (Å²) >= 11 is 0. The molecule has 2 nitrogen and oxygen atoms in total. The topological polar surface area (TPSA) is 29.3 Å². The Morgan fingerprint density at radius 1 is 1.00 bits per heavy atom. The van der Waals surface area contributed by atoms with Gasteiger partial charge in [-0.3, -0.25) is 4.90 Å². The van der Waals surface area contributed by atoms with Gasteiger partial charge in [-0.15, -0.1) is 0 Å². The Morgan fingerprint density at radius 2 is 1.63 bits per heavy atom. The first kappa shape index (κ1) is 13.8. The number of nitrogens with two attached hydrogens (primary N) is 1. The lowest BCUT2D eigenvalue weighted by molar-refractivity contribution is 0.241. The van der Waals surface area contributed by atoms with Crippen LogP contribution in [0.2, 0.25) is 0 Å². The highest BCUT2D eigenvalue weighted by Crippen LogP contribution is 2.23. The zero-order valence-electron chi connectivity index (χ0n) is 11.7. The monoisotopic (exact) mass is 254 g/mol. The summed E-state index contributed by atoms with van der Waals surface area (Å²) in [5.41, 5.74) is 9.93. The van der Waals surface area contributed by atoms with Crippen LogP contribution in [0.4, 0.5) is 0 Å². The maximum Gasteiger partial charge on any atom is 0.0473 e. The van der Waals surface area contributed by atoms with Crippen molar-refractivity contribution >= 4 is 0 Å². The van der Waals surface area contributed by atoms with Gasteiger partial charge in [0, 0.05) is 19.1 Å². The first-order valence-corrected chi connectivity index (χ1v) is 6.72. The smallest absolute Gasteiger partial charge is 0.0473 e. The molecule has 1 atom stereocenters. The van der Waals surface area contributed by atoms with E-state index in [0.29, 0.717) is 6.54 Å². The van der Waals surface area contributed by atoms with E-state index < -0.39 is 0 Å². The van der Waals surface area contributed by atoms with Crippen LogP contribution >= 0.6 is 0 Å². The van der Waals surface area contributed by atoms with Gasteiger partial charge in [-0.05, 0) is 30.7 Å². The average Bonchev–Trinajstić information content (AvgIpc) is 2.43. The fraction of sp³-hybridized carbons (Fsp3) is 0.294. The summed E-state index contributed by atoms with van der Waals surface area (Å²) in [6, 6.07) is 19.3. The molecular weight excluding hydrogens is 232 g/mol. The Hall–Kier alpha value is -1.64. The highest BCUT2D eigenvalue weighted by molar-refractivity contribution is 5.29. The molecular formula is C17H22N2. The zero-order valence-corrected chi connectivity index (χ0v) is 11.7. The third-order valence-electron chi connectivity index (χ3n) is 3.58. The zero-order chi connectivity index (χ0) is 13.7. The summed E-state index contributed by atoms with van der Waals surface area (Å²) < 4.78 is 0. The second-order valence-electron chi connectivity index (χ2n) is 5.01. The van der Waals surface area contributed by atoms with Crippen LogP contribution < -0.4 is 5.73 Å². The molecule has 0 spiro atoms. The number of rotatable bonds is 5. The quantitative estimate of drug-likeness (QED) is 0.888. The van der Waals surface area contributed by atoms with Crippen LogP contribution in [-0.4, -0.2) is 18.5 Å². The van der Waals surface area contributed by atoms with Gasteiger partial charge in [0.25, 0.3) is 0 Å². The molecule has 0 saturated heterocycles. The molecule has 0 amide bonds. The van der Waals surface area contributed by atoms with E-state index in [-0.39, 0.29) is 6.04 Å². The first-order chi connectivity index (χ1) is 9.22. The van der Waals surface area contributed by atoms with E-state index in [1.165, 1.54) is 16.7 Å². The molecule has 0 radical (unpaired) electrons. The molecule has 0 aliphatic rings. The van der Waals surface area contributed by atoms with Crippen LogP contribution in [0.1, 0.15) is 22.7 Å². The van der Waals surface area contributed by atoms with Gasteiger partial charge in [0.15, 0.2) is 0 Å². The van der Waals surface area contributed by atoms with Gasteiger partial charge in [0.1, 0.15) is 0 Å². The SMILES string of the molecule is Cc1ccccc1C(CN)N(C)Cc1ccccc1. The molecule has 0 aromatic heterocycles. The average molecular weight is 254 g/mol. The summed E-state index contributed by atoms with van der Waals surface area (Å²) in [5, 5.41) is 0. The Balaban J connectivity index is 2.16. The summed E-state index contributed by atoms with van der Waals surface area (Å²) in [7, 11) is 2.14. The molecule has 0 bridgehead atoms. The van der Waals surface area contributed by atoms with E-state index in [1.54, 1.807) is 0 Å². The van der Waals surface area contributed by atoms with Crippen LogP contribution in [-0.2, 0) is 6.54 Å². The predicted molar refractivity (Wildman–Crippen MR) is 80.9 cm³/mol. The van der Waals surface area contributed by atoms with Crippen molar-refractivity contribution < 1.29 is 0 Å². The predicted octanol–water partition coefficient (Wildman–Crippen LogP) is 3.13. The van der Waals surface area contributed by atoms with E-state index in [0.717, 1.165) is 6.54 Å². The molecule has 2 heteroatoms. The second-order valence-corrected chi connectivity index (χ2v) is 5.01. The number of aryl methyl sites for hydroxylation is 1. The summed E-state index contributed by atoms with van der Waals surface area (Å²) in [6.45, 7) is 3.69. The van der Waals surface area contributed by atoms with Crippen molar-refractivity contribution in [1.29, 1.82) is 0 Å². The van der Waals surface area contributed by atoms with E-state index in [2.05, 4.69) is 67.4 Å². The highest BCUT2D eigenvalue weighted by atomic mass is 15.1. The molecule has 0 saturated carbocycles. The minimum Gasteiger partial charge on any atom is -0.329 e. The third-order valence-corrected chi connectivity index (χ3v) is 3.58. The molecule has 19 heavy (non-hydrogen) atoms. The summed E-state index contributed by atoms with van der Waals surface area (Å²) in [4.78, 5) is 2.32. The standard InChI is InChI=1S/C17H22N2/c1-14-8-6-7-11-16(14)17(12-18)19(2)13-15-9-4-3-5-10-15/h3-11,17H,12-13,18H2,1-2H3. The van der Waals surface area contributed by atoms with Crippen molar-refractivity contribution in [3.8, 4) is 0 Å². The Labute approximate surface area is 115 Å². The normalized spacial score (nSPS) is 12.6. The number of benzene rings is 2. The summed E-state index contributed by atoms with van der Waals surface area (Å²) in [6.07, 6.45) is 0. The van der Waals surface area contributed by atoms with Crippen LogP contribution in [0.15, 0.2) is 54.6 Å². The second kappa shape index (κ2) is 6.50. The number of hydrogen-bond donors (Lipinski definition) is 1. The van der Waals surface area contributed by atoms with Gasteiger partial charge in [0.2, 0.25) is 0 Å². The molecule has 2 N–H and O–H groups in total. The molecule has 2 aromatic rings. The Kier molecular flexibility index (Phi) is 4.72. The van der Waals surface area contributed by atoms with Gasteiger partial charge in [-0.1, -0.05) is 54.6 Å². The lowest BCUT2D eigenvalue weighted by Gasteiger charge is -2.28. The molecule has 1 unspecified atom stereocenters. The Bertz CT molecular complexity index is 508. The van der Waals surface area contributed by atoms with Gasteiger partial charge in [-0.25, -0.2) is 0 Å². The van der Waals surface area contributed by atoms with Crippen LogP contribution in [0.3, 0.4) is 0 Å². The van der Waals surface area contributed by atoms with Crippen molar-refractivity contribution in [1.82, 2.24) is 4.90 Å². The number of likely N-dealkylation sites (N-methyl/N-ethyl adjacent to an activating group) is 1. The van der Waals surface area contributed by atoms with E-state index in [4.69, 9.17) is 5.73 Å². The van der Waals surface area contributed by atoms with E-state index >= 15 is 0 Å². The Morgan fingerprint density at radius 3 is 2.26 bits per heavy atom. The number of hydrogen-bond acceptors (Lipinski definition) is 2. The third kappa shape index (κ3) is 3.43. The first-order valence-electron chi connectivity index (χ1n) is 6.72. The van der Waals surface area contributed by atoms with Gasteiger partial charge < -0.3 is 5.73 Å². The van der Waals surface area contributed by atoms with E-state index in [9.17, 15) is 0 Å². The minimum absolute atomic E-state index is 0.265. The molecule has 2 aromatic carbocycles. The number of nitrogens with zero attached hydrogens (tertiary/aromatic N) is 1. The lowest BCUT2D eigenvalue weighted by atomic mass is 10.00. The molecule has 0 heterocycles. The van der Waals surface area contributed by atoms with Gasteiger partial charge >= 0.3 is 0 Å². The fourth-order valence-electron chi connectivity index (χ4n) is 2.49. The van der Waals surface area contributed by atoms with Crippen molar-refractivity contribution in [2.45, 2.75) is 19.5 Å². The minimum atomic E-state index is 0.265. The fourth-order valence-corrected chi connectivity index (χ4v) is 2.49. The van der Waals surface area contributed by atoms with Crippen molar-refractivity contribution in [3.05, 3.63) is 71.3 Å². The van der Waals surface area contributed by atoms with Gasteiger partial charge in [0.05, 0.1) is 0 Å². The maximum absolute atomic E-state index is 5.99. The molecule has 2 rings (SSSR count). The lowest BCUT2D eigenvalue weighted by Crippen LogP contribution is -2.30. The van der Waals surface area contributed by atoms with Gasteiger partial charge in [-0.2, -0.15) is 0 Å². The molecule has 100 valence electrons. The van der Waals surface area contributed by atoms with E-state index in [1.807, 2.05) is 6.07 Å². The van der Waals surface area contributed by atoms with Crippen molar-refractivity contribution in [2.75, 3.05) is 13.6 Å². The highest BCUT2D eigenvalue weighted by Gasteiger charge is 2.16. The van der Waals surface area contributed by atoms with Crippen LogP contribution in [0, 0.1) is 6.92 Å². The van der Waals surface area contributed by atoms with Crippen molar-refractivity contribution in [2.24, 2.45) is 5.73 Å². The molecule has 0 aliphatic heterocycles. The maximum atomic E-state index is 5.99. The largest absolute Gasteiger partial charge is 0.329 e. The molecule has 0 aliphatic carbocycles. The molecule has 0 fully saturated rings. The summed E-state index contributed by atoms with van der Waals surface area (Å²) in [5.74, 6) is 0. The van der Waals surface area contributed by atoms with Crippen LogP contribution in [0.5, 0.6) is 0 Å². The van der Waals surface area contributed by atoms with Crippen LogP contribution in [0.25, 0.3) is 0 Å². The van der Waals surface area contributed by atoms with Crippen molar-refractivity contribution in [3.63, 3.8) is 0 Å².